The molecule has 0 fully saturated rings. The minimum atomic E-state index is -3.44. The van der Waals surface area contributed by atoms with Crippen LogP contribution in [0.4, 0.5) is 5.82 Å². The number of nitrogen functional groups attached to an aromatic ring is 1. The Bertz CT molecular complexity index is 872. The second-order valence-electron chi connectivity index (χ2n) is 5.13. The first kappa shape index (κ1) is 18.0. The molecule has 10 nitrogen and oxygen atoms in total. The van der Waals surface area contributed by atoms with Gasteiger partial charge in [-0.2, -0.15) is 0 Å². The van der Waals surface area contributed by atoms with E-state index >= 15 is 0 Å². The summed E-state index contributed by atoms with van der Waals surface area (Å²) in [6.07, 6.45) is 2.06. The summed E-state index contributed by atoms with van der Waals surface area (Å²) in [7, 11) is 2.78. The summed E-state index contributed by atoms with van der Waals surface area (Å²) in [5, 5.41) is 0. The number of rotatable bonds is 6. The third-order valence-corrected chi connectivity index (χ3v) is 5.30. The fraction of sp³-hybridized carbons (Fsp3) is 0.462. The number of anilines is 1. The van der Waals surface area contributed by atoms with Crippen molar-refractivity contribution in [3.05, 3.63) is 24.2 Å². The van der Waals surface area contributed by atoms with E-state index in [0.717, 1.165) is 0 Å². The molecule has 0 spiro atoms. The molecule has 3 atom stereocenters. The predicted molar refractivity (Wildman–Crippen MR) is 92.6 cm³/mol. The second-order valence-corrected chi connectivity index (χ2v) is 8.00. The number of nitrogens with two attached hydrogens (primary N) is 1. The molecule has 136 valence electrons. The smallest absolute Gasteiger partial charge is 0.377 e. The number of fused-ring (bicyclic) bond motifs is 1. The maximum Gasteiger partial charge on any atom is 0.377 e. The lowest BCUT2D eigenvalue weighted by Crippen LogP contribution is -2.25. The van der Waals surface area contributed by atoms with Crippen LogP contribution in [0.15, 0.2) is 24.2 Å². The quantitative estimate of drug-likeness (QED) is 0.703. The van der Waals surface area contributed by atoms with E-state index in [1.807, 2.05) is 6.92 Å². The lowest BCUT2D eigenvalue weighted by Gasteiger charge is -2.22. The largest absolute Gasteiger partial charge is 0.467 e. The van der Waals surface area contributed by atoms with E-state index < -0.39 is 19.1 Å². The molecule has 0 amide bonds. The highest BCUT2D eigenvalue weighted by Crippen LogP contribution is 2.50. The maximum atomic E-state index is 10.0. The molecule has 2 aromatic heterocycles. The van der Waals surface area contributed by atoms with Gasteiger partial charge in [-0.3, -0.25) is 4.57 Å². The van der Waals surface area contributed by atoms with Gasteiger partial charge in [-0.15, -0.1) is 0 Å². The number of hydrogen-bond acceptors (Lipinski definition) is 9. The lowest BCUT2D eigenvalue weighted by molar-refractivity contribution is -0.0291. The average Bonchev–Trinajstić information content (AvgIpc) is 3.16. The van der Waals surface area contributed by atoms with E-state index in [-0.39, 0.29) is 5.82 Å². The second kappa shape index (κ2) is 6.85. The molecular weight excluding hydrogens is 369 g/mol. The lowest BCUT2D eigenvalue weighted by atomic mass is 10.2. The normalized spacial score (nSPS) is 22.9. The topological polar surface area (TPSA) is 127 Å². The zero-order valence-corrected chi connectivity index (χ0v) is 15.5. The van der Waals surface area contributed by atoms with Crippen LogP contribution in [0.1, 0.15) is 19.6 Å². The molecule has 3 heterocycles. The Morgan fingerprint density at radius 1 is 1.40 bits per heavy atom. The van der Waals surface area contributed by atoms with Crippen molar-refractivity contribution in [3.63, 3.8) is 0 Å². The van der Waals surface area contributed by atoms with Gasteiger partial charge in [0.2, 0.25) is 6.23 Å². The Hall–Kier alpha value is -1.78. The molecule has 0 radical (unpaired) electrons. The van der Waals surface area contributed by atoms with Gasteiger partial charge in [-0.1, -0.05) is 6.92 Å². The van der Waals surface area contributed by atoms with Crippen LogP contribution < -0.4 is 5.73 Å². The molecule has 3 rings (SSSR count). The molecular formula is C13H18N5O5PS. The zero-order valence-electron chi connectivity index (χ0n) is 13.8. The summed E-state index contributed by atoms with van der Waals surface area (Å²) in [5.41, 5.74) is 6.77. The van der Waals surface area contributed by atoms with Crippen LogP contribution in [-0.4, -0.2) is 44.7 Å². The Kier molecular flexibility index (Phi) is 4.94. The minimum Gasteiger partial charge on any atom is -0.467 e. The van der Waals surface area contributed by atoms with E-state index in [2.05, 4.69) is 15.0 Å². The summed E-state index contributed by atoms with van der Waals surface area (Å²) >= 11 is 4.94. The van der Waals surface area contributed by atoms with Gasteiger partial charge in [0.25, 0.3) is 0 Å². The van der Waals surface area contributed by atoms with Gasteiger partial charge in [-0.05, 0) is 0 Å². The summed E-state index contributed by atoms with van der Waals surface area (Å²) in [4.78, 5) is 22.4. The number of aromatic nitrogens is 4. The van der Waals surface area contributed by atoms with Crippen molar-refractivity contribution in [2.24, 2.45) is 0 Å². The van der Waals surface area contributed by atoms with Crippen molar-refractivity contribution >= 4 is 35.5 Å². The monoisotopic (exact) mass is 387 g/mol. The fourth-order valence-corrected chi connectivity index (χ4v) is 3.33. The number of nitrogens with zero attached hydrogens (tertiary/aromatic N) is 4. The first-order valence-corrected chi connectivity index (χ1v) is 9.94. The third kappa shape index (κ3) is 3.21. The van der Waals surface area contributed by atoms with Gasteiger partial charge < -0.3 is 29.1 Å². The Morgan fingerprint density at radius 2 is 2.16 bits per heavy atom. The van der Waals surface area contributed by atoms with Crippen molar-refractivity contribution in [3.8, 4) is 0 Å². The van der Waals surface area contributed by atoms with Crippen LogP contribution in [0.25, 0.3) is 11.2 Å². The summed E-state index contributed by atoms with van der Waals surface area (Å²) < 4.78 is 23.5. The Balaban J connectivity index is 2.01. The molecule has 0 saturated carbocycles. The van der Waals surface area contributed by atoms with E-state index in [1.54, 1.807) is 4.57 Å². The van der Waals surface area contributed by atoms with Crippen LogP contribution in [0.3, 0.4) is 0 Å². The third-order valence-electron chi connectivity index (χ3n) is 3.74. The van der Waals surface area contributed by atoms with Crippen LogP contribution in [-0.2, 0) is 30.3 Å². The minimum absolute atomic E-state index is 0.265. The van der Waals surface area contributed by atoms with E-state index in [0.29, 0.717) is 29.1 Å². The molecule has 25 heavy (non-hydrogen) atoms. The van der Waals surface area contributed by atoms with Gasteiger partial charge in [-0.25, -0.2) is 15.0 Å². The molecule has 2 unspecified atom stereocenters. The summed E-state index contributed by atoms with van der Waals surface area (Å²) in [5.74, 6) is 1.06. The molecule has 0 bridgehead atoms. The number of imidazole rings is 1. The summed E-state index contributed by atoms with van der Waals surface area (Å²) in [6, 6.07) is 0. The average molecular weight is 387 g/mol. The molecule has 3 N–H and O–H groups in total. The number of allylic oxidation sites excluding steroid dienone is 1. The zero-order chi connectivity index (χ0) is 18.2. The molecule has 1 aliphatic rings. The van der Waals surface area contributed by atoms with Gasteiger partial charge in [0.1, 0.15) is 23.9 Å². The fourth-order valence-electron chi connectivity index (χ4n) is 2.56. The Labute approximate surface area is 148 Å². The first-order valence-electron chi connectivity index (χ1n) is 7.35. The molecule has 0 aromatic carbocycles. The van der Waals surface area contributed by atoms with Crippen molar-refractivity contribution in [1.82, 2.24) is 19.5 Å². The van der Waals surface area contributed by atoms with Gasteiger partial charge >= 0.3 is 6.72 Å². The SMILES string of the molecule is CCC1=C(OP(O)(=S)OC)C(OC)[C@H](n2cnc3c(N)ncnc32)O1. The molecule has 12 heteroatoms. The van der Waals surface area contributed by atoms with Crippen molar-refractivity contribution < 1.29 is 23.4 Å². The predicted octanol–water partition coefficient (Wildman–Crippen LogP) is 1.45. The van der Waals surface area contributed by atoms with Gasteiger partial charge in [0, 0.05) is 32.4 Å². The molecule has 0 saturated heterocycles. The highest BCUT2D eigenvalue weighted by Gasteiger charge is 2.42. The highest BCUT2D eigenvalue weighted by molar-refractivity contribution is 8.07. The van der Waals surface area contributed by atoms with Crippen molar-refractivity contribution in [2.45, 2.75) is 25.7 Å². The molecule has 0 aliphatic carbocycles. The molecule has 1 aliphatic heterocycles. The molecule has 2 aromatic rings. The number of hydrogen-bond donors (Lipinski definition) is 2. The van der Waals surface area contributed by atoms with Crippen LogP contribution in [0.2, 0.25) is 0 Å². The first-order chi connectivity index (χ1) is 11.9. The van der Waals surface area contributed by atoms with Crippen molar-refractivity contribution in [2.75, 3.05) is 20.0 Å². The van der Waals surface area contributed by atoms with Crippen molar-refractivity contribution in [1.29, 1.82) is 0 Å². The van der Waals surface area contributed by atoms with Crippen LogP contribution in [0.5, 0.6) is 0 Å². The highest BCUT2D eigenvalue weighted by atomic mass is 32.5. The summed E-state index contributed by atoms with van der Waals surface area (Å²) in [6.45, 7) is -1.56. The van der Waals surface area contributed by atoms with Gasteiger partial charge in [0.15, 0.2) is 23.3 Å². The number of methoxy groups -OCH3 is 1. The van der Waals surface area contributed by atoms with E-state index in [4.69, 9.17) is 36.1 Å². The van der Waals surface area contributed by atoms with Crippen LogP contribution in [0, 0.1) is 0 Å². The van der Waals surface area contributed by atoms with Gasteiger partial charge in [0.05, 0.1) is 0 Å². The maximum absolute atomic E-state index is 10.0. The van der Waals surface area contributed by atoms with E-state index in [1.165, 1.54) is 26.9 Å². The number of ether oxygens (including phenoxy) is 2. The Morgan fingerprint density at radius 3 is 2.80 bits per heavy atom. The van der Waals surface area contributed by atoms with E-state index in [9.17, 15) is 4.89 Å². The van der Waals surface area contributed by atoms with Crippen LogP contribution >= 0.6 is 6.72 Å². The standard InChI is InChI=1S/C13H18N5O5PS/c1-4-7-9(23-24(19,25)21-3)10(20-2)13(22-7)18-6-17-8-11(14)15-5-16-12(8)18/h5-6,10,13H,4H2,1-3H3,(H,19,25)(H2,14,15,16)/t10?,13-,24?/m1/s1.